The van der Waals surface area contributed by atoms with Crippen molar-refractivity contribution in [3.8, 4) is 0 Å². The number of nitrogens with zero attached hydrogens (tertiary/aromatic N) is 7. The molecule has 0 saturated carbocycles. The molecule has 2 bridgehead atoms. The van der Waals surface area contributed by atoms with Crippen molar-refractivity contribution in [1.82, 2.24) is 39.0 Å². The van der Waals surface area contributed by atoms with Crippen molar-refractivity contribution in [3.05, 3.63) is 35.2 Å². The Kier molecular flexibility index (Phi) is 7.26. The minimum absolute atomic E-state index is 0.00832. The fourth-order valence-electron chi connectivity index (χ4n) is 5.57. The van der Waals surface area contributed by atoms with Gasteiger partial charge in [-0.3, -0.25) is 27.2 Å². The predicted octanol–water partition coefficient (Wildman–Crippen LogP) is -1.04. The second-order valence-corrected chi connectivity index (χ2v) is 13.7. The smallest absolute Gasteiger partial charge is 0.387 e. The van der Waals surface area contributed by atoms with Crippen molar-refractivity contribution in [2.75, 3.05) is 18.1 Å². The van der Waals surface area contributed by atoms with Gasteiger partial charge in [-0.15, -0.1) is 0 Å². The van der Waals surface area contributed by atoms with Gasteiger partial charge in [0.1, 0.15) is 42.1 Å². The highest BCUT2D eigenvalue weighted by atomic mass is 32.2. The summed E-state index contributed by atoms with van der Waals surface area (Å²) in [6.07, 6.45) is -10.1. The number of H-pyrrole nitrogens is 1. The zero-order chi connectivity index (χ0) is 31.8. The second kappa shape index (κ2) is 10.8. The molecule has 0 amide bonds. The lowest BCUT2D eigenvalue weighted by Crippen LogP contribution is -2.37. The van der Waals surface area contributed by atoms with Gasteiger partial charge >= 0.3 is 7.82 Å². The topological polar surface area (TPSA) is 271 Å². The molecule has 7 rings (SSSR count). The van der Waals surface area contributed by atoms with E-state index < -0.39 is 91.4 Å². The largest absolute Gasteiger partial charge is 0.472 e. The molecule has 3 aliphatic rings. The molecule has 23 heteroatoms. The van der Waals surface area contributed by atoms with Gasteiger partial charge in [-0.05, 0) is 13.3 Å². The lowest BCUT2D eigenvalue weighted by Gasteiger charge is -2.25. The van der Waals surface area contributed by atoms with Gasteiger partial charge in [0, 0.05) is 0 Å². The summed E-state index contributed by atoms with van der Waals surface area (Å²) in [4.78, 5) is 45.7. The number of aromatic amines is 1. The van der Waals surface area contributed by atoms with E-state index in [2.05, 4.69) is 29.9 Å². The van der Waals surface area contributed by atoms with Crippen LogP contribution < -0.4 is 11.3 Å². The fraction of sp³-hybridized carbons (Fsp3) is 0.545. The van der Waals surface area contributed by atoms with Crippen molar-refractivity contribution in [2.45, 2.75) is 62.5 Å². The molecule has 0 aromatic carbocycles. The van der Waals surface area contributed by atoms with Crippen LogP contribution in [-0.4, -0.2) is 107 Å². The van der Waals surface area contributed by atoms with Gasteiger partial charge in [-0.2, -0.15) is 8.42 Å². The van der Waals surface area contributed by atoms with Crippen LogP contribution in [-0.2, 0) is 37.4 Å². The number of aromatic nitrogens is 8. The first-order valence-corrected chi connectivity index (χ1v) is 16.5. The molecule has 7 heterocycles. The minimum atomic E-state index is -5.11. The molecular formula is C22H25FN9O11PS. The first-order chi connectivity index (χ1) is 21.3. The number of aliphatic hydroxyl groups is 1. The molecule has 4 aromatic heterocycles. The Hall–Kier alpha value is -3.47. The molecule has 9 atom stereocenters. The Morgan fingerprint density at radius 2 is 1.78 bits per heavy atom. The van der Waals surface area contributed by atoms with Crippen LogP contribution in [0.4, 0.5) is 10.2 Å². The maximum Gasteiger partial charge on any atom is 0.472 e. The first-order valence-electron chi connectivity index (χ1n) is 13.4. The molecule has 0 aliphatic carbocycles. The Morgan fingerprint density at radius 3 is 2.56 bits per heavy atom. The van der Waals surface area contributed by atoms with E-state index in [0.717, 1.165) is 17.2 Å². The number of nitrogens with one attached hydrogen (secondary N) is 1. The van der Waals surface area contributed by atoms with E-state index in [1.54, 1.807) is 0 Å². The number of halogens is 1. The lowest BCUT2D eigenvalue weighted by atomic mass is 10.1. The molecule has 20 nitrogen and oxygen atoms in total. The number of alkyl halides is 1. The average Bonchev–Trinajstić information content (AvgIpc) is 3.72. The number of fused-ring (bicyclic) bond motifs is 5. The Labute approximate surface area is 251 Å². The highest BCUT2D eigenvalue weighted by Crippen LogP contribution is 2.51. The predicted molar refractivity (Wildman–Crippen MR) is 145 cm³/mol. The highest BCUT2D eigenvalue weighted by molar-refractivity contribution is 7.86. The molecule has 3 fully saturated rings. The van der Waals surface area contributed by atoms with Crippen molar-refractivity contribution in [1.29, 1.82) is 0 Å². The second-order valence-electron chi connectivity index (χ2n) is 10.6. The summed E-state index contributed by atoms with van der Waals surface area (Å²) >= 11 is 0. The molecule has 9 unspecified atom stereocenters. The number of anilines is 1. The van der Waals surface area contributed by atoms with Gasteiger partial charge < -0.3 is 30.2 Å². The Balaban J connectivity index is 1.21. The highest BCUT2D eigenvalue weighted by Gasteiger charge is 2.53. The number of ether oxygens (including phenoxy) is 2. The number of phosphoric acid groups is 1. The molecule has 0 radical (unpaired) electrons. The number of aliphatic hydroxyl groups excluding tert-OH is 1. The van der Waals surface area contributed by atoms with Crippen molar-refractivity contribution >= 4 is 46.1 Å². The van der Waals surface area contributed by atoms with Gasteiger partial charge in [-0.1, -0.05) is 0 Å². The third-order valence-corrected chi connectivity index (χ3v) is 9.87. The summed E-state index contributed by atoms with van der Waals surface area (Å²) in [5.74, 6) is -0.529. The Bertz CT molecular complexity index is 2010. The van der Waals surface area contributed by atoms with E-state index in [9.17, 15) is 27.8 Å². The van der Waals surface area contributed by atoms with Crippen LogP contribution >= 0.6 is 7.82 Å². The zero-order valence-electron chi connectivity index (χ0n) is 23.0. The van der Waals surface area contributed by atoms with Crippen molar-refractivity contribution < 1.29 is 50.1 Å². The quantitative estimate of drug-likeness (QED) is 0.146. The number of rotatable bonds is 2. The minimum Gasteiger partial charge on any atom is -0.387 e. The summed E-state index contributed by atoms with van der Waals surface area (Å²) in [5.41, 5.74) is 5.38. The monoisotopic (exact) mass is 673 g/mol. The molecule has 3 aliphatic heterocycles. The number of phosphoric ester groups is 1. The number of hydrogen-bond donors (Lipinski definition) is 4. The number of imidazole rings is 2. The number of nitrogen functional groups attached to an aromatic ring is 1. The van der Waals surface area contributed by atoms with Crippen LogP contribution in [0.3, 0.4) is 0 Å². The van der Waals surface area contributed by atoms with Crippen LogP contribution in [0.1, 0.15) is 24.7 Å². The molecule has 242 valence electrons. The van der Waals surface area contributed by atoms with Gasteiger partial charge in [-0.25, -0.2) is 33.9 Å². The van der Waals surface area contributed by atoms with Gasteiger partial charge in [0.2, 0.25) is 0 Å². The van der Waals surface area contributed by atoms with Gasteiger partial charge in [0.25, 0.3) is 15.7 Å². The SMILES string of the molecule is Cc1nc2c(ncn2C2OC3CCS(=O)(=O)OC4C(COP(=O)(O)OC2C3O)OC(n2cnc3c(N)ncnc32)C4F)c(=O)[nH]1. The molecular weight excluding hydrogens is 648 g/mol. The van der Waals surface area contributed by atoms with E-state index in [0.29, 0.717) is 0 Å². The lowest BCUT2D eigenvalue weighted by molar-refractivity contribution is -0.0561. The normalized spacial score (nSPS) is 35.6. The summed E-state index contributed by atoms with van der Waals surface area (Å²) in [5, 5.41) is 11.1. The van der Waals surface area contributed by atoms with E-state index >= 15 is 4.39 Å². The van der Waals surface area contributed by atoms with Crippen LogP contribution in [0, 0.1) is 6.92 Å². The van der Waals surface area contributed by atoms with Crippen molar-refractivity contribution in [2.24, 2.45) is 0 Å². The van der Waals surface area contributed by atoms with E-state index in [1.807, 2.05) is 0 Å². The standard InChI is InChI=1S/C22H25FN9O11PS/c1-8-29-19-13(20(34)30-8)28-7-32(19)22-16-14(33)9(40-22)2-3-45(37,38)43-15-10(4-39-44(35,36)42-16)41-21(11(15)23)31-6-27-12-17(24)25-5-26-18(12)31/h5-7,9-11,14-16,21-22,33H,2-4H2,1H3,(H,35,36)(H2,24,25,26)(H,29,30,34). The van der Waals surface area contributed by atoms with E-state index in [-0.39, 0.29) is 34.0 Å². The van der Waals surface area contributed by atoms with Crippen LogP contribution in [0.5, 0.6) is 0 Å². The first kappa shape index (κ1) is 30.2. The average molecular weight is 674 g/mol. The molecule has 0 spiro atoms. The summed E-state index contributed by atoms with van der Waals surface area (Å²) in [7, 11) is -9.64. The van der Waals surface area contributed by atoms with Crippen LogP contribution in [0.15, 0.2) is 23.8 Å². The molecule has 3 saturated heterocycles. The number of aryl methyl sites for hydroxylation is 1. The van der Waals surface area contributed by atoms with Gasteiger partial charge in [0.05, 0.1) is 31.1 Å². The van der Waals surface area contributed by atoms with E-state index in [4.69, 9.17) is 28.4 Å². The number of nitrogens with two attached hydrogens (primary N) is 1. The van der Waals surface area contributed by atoms with Gasteiger partial charge in [0.15, 0.2) is 41.3 Å². The third-order valence-electron chi connectivity index (χ3n) is 7.63. The molecule has 4 aromatic rings. The summed E-state index contributed by atoms with van der Waals surface area (Å²) < 4.78 is 85.0. The third kappa shape index (κ3) is 5.30. The molecule has 45 heavy (non-hydrogen) atoms. The molecule has 5 N–H and O–H groups in total. The maximum atomic E-state index is 15.9. The summed E-state index contributed by atoms with van der Waals surface area (Å²) in [6, 6.07) is 0. The zero-order valence-corrected chi connectivity index (χ0v) is 24.7. The van der Waals surface area contributed by atoms with E-state index in [1.165, 1.54) is 17.8 Å². The maximum absolute atomic E-state index is 15.9. The van der Waals surface area contributed by atoms with Crippen molar-refractivity contribution in [3.63, 3.8) is 0 Å². The fourth-order valence-corrected chi connectivity index (χ4v) is 7.69. The Morgan fingerprint density at radius 1 is 1.07 bits per heavy atom. The number of hydrogen-bond acceptors (Lipinski definition) is 16. The van der Waals surface area contributed by atoms with Crippen LogP contribution in [0.2, 0.25) is 0 Å². The van der Waals surface area contributed by atoms with Crippen LogP contribution in [0.25, 0.3) is 22.3 Å². The summed E-state index contributed by atoms with van der Waals surface area (Å²) in [6.45, 7) is 0.637.